The second-order valence-electron chi connectivity index (χ2n) is 5.67. The molecule has 0 saturated carbocycles. The minimum absolute atomic E-state index is 0.191. The van der Waals surface area contributed by atoms with Gasteiger partial charge in [-0.3, -0.25) is 4.79 Å². The van der Waals surface area contributed by atoms with Crippen LogP contribution in [0.3, 0.4) is 0 Å². The molecule has 1 amide bonds. The number of carbonyl (C=O) groups is 1. The molecule has 0 fully saturated rings. The standard InChI is InChI=1S/C18H23N3O2/c1-13(2)21-17-15(9-6-11-19-17)18(23)20-12-10-16(22)14-7-4-3-5-8-14/h3-9,11,13,16,22H,10,12H2,1-2H3,(H,19,21)(H,20,23). The van der Waals surface area contributed by atoms with Crippen LogP contribution in [0.4, 0.5) is 5.82 Å². The average Bonchev–Trinajstić information content (AvgIpc) is 2.55. The van der Waals surface area contributed by atoms with Crippen molar-refractivity contribution in [3.8, 4) is 0 Å². The number of rotatable bonds is 7. The summed E-state index contributed by atoms with van der Waals surface area (Å²) in [6.45, 7) is 4.38. The van der Waals surface area contributed by atoms with E-state index in [1.165, 1.54) is 0 Å². The second kappa shape index (κ2) is 8.29. The van der Waals surface area contributed by atoms with Gasteiger partial charge < -0.3 is 15.7 Å². The molecule has 0 aliphatic carbocycles. The van der Waals surface area contributed by atoms with Gasteiger partial charge in [-0.15, -0.1) is 0 Å². The maximum atomic E-state index is 12.3. The summed E-state index contributed by atoms with van der Waals surface area (Å²) in [5.74, 6) is 0.380. The Hall–Kier alpha value is -2.40. The van der Waals surface area contributed by atoms with Crippen LogP contribution in [0.15, 0.2) is 48.7 Å². The summed E-state index contributed by atoms with van der Waals surface area (Å²) in [6, 6.07) is 13.1. The van der Waals surface area contributed by atoms with E-state index in [1.807, 2.05) is 44.2 Å². The number of nitrogens with zero attached hydrogens (tertiary/aromatic N) is 1. The van der Waals surface area contributed by atoms with Gasteiger partial charge in [0.15, 0.2) is 0 Å². The first-order valence-electron chi connectivity index (χ1n) is 7.80. The molecule has 1 atom stereocenters. The van der Waals surface area contributed by atoms with Gasteiger partial charge in [0, 0.05) is 18.8 Å². The molecular formula is C18H23N3O2. The Kier molecular flexibility index (Phi) is 6.11. The van der Waals surface area contributed by atoms with Crippen molar-refractivity contribution in [3.05, 3.63) is 59.8 Å². The lowest BCUT2D eigenvalue weighted by Crippen LogP contribution is -2.27. The van der Waals surface area contributed by atoms with Crippen LogP contribution < -0.4 is 10.6 Å². The number of anilines is 1. The zero-order chi connectivity index (χ0) is 16.7. The number of carbonyl (C=O) groups excluding carboxylic acids is 1. The summed E-state index contributed by atoms with van der Waals surface area (Å²) in [4.78, 5) is 16.5. The second-order valence-corrected chi connectivity index (χ2v) is 5.67. The van der Waals surface area contributed by atoms with Crippen molar-refractivity contribution in [2.24, 2.45) is 0 Å². The SMILES string of the molecule is CC(C)Nc1ncccc1C(=O)NCCC(O)c1ccccc1. The van der Waals surface area contributed by atoms with Crippen molar-refractivity contribution in [2.45, 2.75) is 32.4 Å². The van der Waals surface area contributed by atoms with Gasteiger partial charge in [-0.05, 0) is 38.0 Å². The van der Waals surface area contributed by atoms with Crippen LogP contribution in [0.5, 0.6) is 0 Å². The van der Waals surface area contributed by atoms with Crippen LogP contribution in [0.1, 0.15) is 42.3 Å². The lowest BCUT2D eigenvalue weighted by atomic mass is 10.1. The van der Waals surface area contributed by atoms with Crippen LogP contribution in [0.2, 0.25) is 0 Å². The third kappa shape index (κ3) is 5.07. The molecule has 2 rings (SSSR count). The van der Waals surface area contributed by atoms with Gasteiger partial charge in [0.1, 0.15) is 5.82 Å². The first-order valence-corrected chi connectivity index (χ1v) is 7.80. The minimum Gasteiger partial charge on any atom is -0.388 e. The molecule has 5 nitrogen and oxygen atoms in total. The minimum atomic E-state index is -0.585. The number of aliphatic hydroxyl groups is 1. The molecule has 1 unspecified atom stereocenters. The quantitative estimate of drug-likeness (QED) is 0.735. The summed E-state index contributed by atoms with van der Waals surface area (Å²) in [7, 11) is 0. The monoisotopic (exact) mass is 313 g/mol. The highest BCUT2D eigenvalue weighted by Crippen LogP contribution is 2.16. The smallest absolute Gasteiger partial charge is 0.255 e. The largest absolute Gasteiger partial charge is 0.388 e. The van der Waals surface area contributed by atoms with Gasteiger partial charge >= 0.3 is 0 Å². The number of pyridine rings is 1. The molecule has 2 aromatic rings. The van der Waals surface area contributed by atoms with Crippen molar-refractivity contribution in [1.29, 1.82) is 0 Å². The molecule has 1 aromatic carbocycles. The zero-order valence-corrected chi connectivity index (χ0v) is 13.5. The fourth-order valence-electron chi connectivity index (χ4n) is 2.24. The molecule has 0 radical (unpaired) electrons. The van der Waals surface area contributed by atoms with Gasteiger partial charge in [0.25, 0.3) is 5.91 Å². The molecule has 0 aliphatic rings. The summed E-state index contributed by atoms with van der Waals surface area (Å²) < 4.78 is 0. The number of nitrogens with one attached hydrogen (secondary N) is 2. The Balaban J connectivity index is 1.90. The van der Waals surface area contributed by atoms with Crippen molar-refractivity contribution in [3.63, 3.8) is 0 Å². The molecule has 0 bridgehead atoms. The van der Waals surface area contributed by atoms with E-state index in [-0.39, 0.29) is 11.9 Å². The fourth-order valence-corrected chi connectivity index (χ4v) is 2.24. The highest BCUT2D eigenvalue weighted by atomic mass is 16.3. The van der Waals surface area contributed by atoms with E-state index in [2.05, 4.69) is 15.6 Å². The molecule has 0 aliphatic heterocycles. The van der Waals surface area contributed by atoms with Crippen LogP contribution >= 0.6 is 0 Å². The topological polar surface area (TPSA) is 74.2 Å². The Morgan fingerprint density at radius 1 is 1.17 bits per heavy atom. The van der Waals surface area contributed by atoms with E-state index in [0.29, 0.717) is 24.3 Å². The third-order valence-corrected chi connectivity index (χ3v) is 3.37. The summed E-state index contributed by atoms with van der Waals surface area (Å²) in [6.07, 6.45) is 1.53. The Labute approximate surface area is 136 Å². The molecule has 0 saturated heterocycles. The number of amides is 1. The van der Waals surface area contributed by atoms with Gasteiger partial charge in [-0.25, -0.2) is 4.98 Å². The average molecular weight is 313 g/mol. The predicted molar refractivity (Wildman–Crippen MR) is 91.3 cm³/mol. The predicted octanol–water partition coefficient (Wildman–Crippen LogP) is 2.76. The molecule has 1 aromatic heterocycles. The van der Waals surface area contributed by atoms with Gasteiger partial charge in [-0.2, -0.15) is 0 Å². The van der Waals surface area contributed by atoms with E-state index >= 15 is 0 Å². The number of hydrogen-bond acceptors (Lipinski definition) is 4. The van der Waals surface area contributed by atoms with Gasteiger partial charge in [0.2, 0.25) is 0 Å². The number of benzene rings is 1. The van der Waals surface area contributed by atoms with E-state index in [0.717, 1.165) is 5.56 Å². The summed E-state index contributed by atoms with van der Waals surface area (Å²) in [5, 5.41) is 16.1. The Morgan fingerprint density at radius 3 is 2.61 bits per heavy atom. The van der Waals surface area contributed by atoms with Gasteiger partial charge in [0.05, 0.1) is 11.7 Å². The van der Waals surface area contributed by atoms with Crippen LogP contribution in [-0.4, -0.2) is 28.6 Å². The van der Waals surface area contributed by atoms with Crippen molar-refractivity contribution in [1.82, 2.24) is 10.3 Å². The Bertz CT molecular complexity index is 629. The molecule has 3 N–H and O–H groups in total. The first-order chi connectivity index (χ1) is 11.1. The van der Waals surface area contributed by atoms with Crippen molar-refractivity contribution >= 4 is 11.7 Å². The third-order valence-electron chi connectivity index (χ3n) is 3.37. The lowest BCUT2D eigenvalue weighted by Gasteiger charge is -2.14. The normalized spacial score (nSPS) is 12.0. The van der Waals surface area contributed by atoms with Gasteiger partial charge in [-0.1, -0.05) is 30.3 Å². The number of hydrogen-bond donors (Lipinski definition) is 3. The molecule has 5 heteroatoms. The van der Waals surface area contributed by atoms with E-state index in [4.69, 9.17) is 0 Å². The van der Waals surface area contributed by atoms with E-state index in [9.17, 15) is 9.90 Å². The van der Waals surface area contributed by atoms with Crippen molar-refractivity contribution < 1.29 is 9.90 Å². The van der Waals surface area contributed by atoms with Crippen LogP contribution in [-0.2, 0) is 0 Å². The molecule has 0 spiro atoms. The number of aromatic nitrogens is 1. The first kappa shape index (κ1) is 17.0. The fraction of sp³-hybridized carbons (Fsp3) is 0.333. The zero-order valence-electron chi connectivity index (χ0n) is 13.5. The van der Waals surface area contributed by atoms with Crippen LogP contribution in [0, 0.1) is 0 Å². The molecule has 23 heavy (non-hydrogen) atoms. The highest BCUT2D eigenvalue weighted by Gasteiger charge is 2.13. The number of aliphatic hydroxyl groups excluding tert-OH is 1. The maximum absolute atomic E-state index is 12.3. The lowest BCUT2D eigenvalue weighted by molar-refractivity contribution is 0.0943. The maximum Gasteiger partial charge on any atom is 0.255 e. The summed E-state index contributed by atoms with van der Waals surface area (Å²) >= 11 is 0. The van der Waals surface area contributed by atoms with E-state index < -0.39 is 6.10 Å². The van der Waals surface area contributed by atoms with Crippen LogP contribution in [0.25, 0.3) is 0 Å². The van der Waals surface area contributed by atoms with Crippen molar-refractivity contribution in [2.75, 3.05) is 11.9 Å². The molecular weight excluding hydrogens is 290 g/mol. The molecule has 1 heterocycles. The Morgan fingerprint density at radius 2 is 1.91 bits per heavy atom. The summed E-state index contributed by atoms with van der Waals surface area (Å²) in [5.41, 5.74) is 1.36. The molecule has 122 valence electrons. The highest BCUT2D eigenvalue weighted by molar-refractivity contribution is 5.98. The van der Waals surface area contributed by atoms with E-state index in [1.54, 1.807) is 18.3 Å².